The van der Waals surface area contributed by atoms with Crippen LogP contribution in [0.1, 0.15) is 16.8 Å². The molecule has 1 aliphatic heterocycles. The molecule has 0 bridgehead atoms. The molecular weight excluding hydrogens is 196 g/mol. The molecule has 1 N–H and O–H groups in total. The van der Waals surface area contributed by atoms with Gasteiger partial charge in [-0.05, 0) is 18.6 Å². The Balaban J connectivity index is 2.22. The van der Waals surface area contributed by atoms with Gasteiger partial charge in [0.15, 0.2) is 0 Å². The lowest BCUT2D eigenvalue weighted by molar-refractivity contribution is -0.140. The molecule has 1 aromatic rings. The van der Waals surface area contributed by atoms with E-state index in [4.69, 9.17) is 5.11 Å². The molecule has 15 heavy (non-hydrogen) atoms. The van der Waals surface area contributed by atoms with Crippen LogP contribution in [0.15, 0.2) is 18.3 Å². The van der Waals surface area contributed by atoms with Crippen LogP contribution in [-0.2, 0) is 4.79 Å². The van der Waals surface area contributed by atoms with E-state index in [9.17, 15) is 9.59 Å². The monoisotopic (exact) mass is 206 g/mol. The highest BCUT2D eigenvalue weighted by Crippen LogP contribution is 2.24. The summed E-state index contributed by atoms with van der Waals surface area (Å²) in [7, 11) is 0. The molecular formula is C10H10N2O3. The highest BCUT2D eigenvalue weighted by Gasteiger charge is 2.34. The third kappa shape index (κ3) is 1.68. The Morgan fingerprint density at radius 3 is 3.00 bits per heavy atom. The number of hydrogen-bond donors (Lipinski definition) is 1. The fourth-order valence-electron chi connectivity index (χ4n) is 1.58. The highest BCUT2D eigenvalue weighted by molar-refractivity contribution is 5.81. The molecule has 0 amide bonds. The normalized spacial score (nSPS) is 19.5. The topological polar surface area (TPSA) is 70.5 Å². The molecule has 0 aromatic carbocycles. The zero-order valence-corrected chi connectivity index (χ0v) is 7.96. The van der Waals surface area contributed by atoms with Gasteiger partial charge in [-0.3, -0.25) is 4.79 Å². The Morgan fingerprint density at radius 1 is 1.67 bits per heavy atom. The first-order valence-electron chi connectivity index (χ1n) is 4.63. The van der Waals surface area contributed by atoms with E-state index in [0.717, 1.165) is 6.29 Å². The van der Waals surface area contributed by atoms with Crippen molar-refractivity contribution in [3.63, 3.8) is 0 Å². The Labute approximate surface area is 86.3 Å². The fourth-order valence-corrected chi connectivity index (χ4v) is 1.58. The summed E-state index contributed by atoms with van der Waals surface area (Å²) >= 11 is 0. The van der Waals surface area contributed by atoms with Crippen molar-refractivity contribution in [2.24, 2.45) is 0 Å². The van der Waals surface area contributed by atoms with E-state index < -0.39 is 12.0 Å². The average Bonchev–Trinajstić information content (AvgIpc) is 2.15. The number of hydrogen-bond acceptors (Lipinski definition) is 4. The second-order valence-electron chi connectivity index (χ2n) is 3.40. The summed E-state index contributed by atoms with van der Waals surface area (Å²) in [5, 5.41) is 8.85. The Morgan fingerprint density at radius 2 is 2.47 bits per heavy atom. The summed E-state index contributed by atoms with van der Waals surface area (Å²) < 4.78 is 0. The van der Waals surface area contributed by atoms with Gasteiger partial charge in [0.1, 0.15) is 18.1 Å². The maximum absolute atomic E-state index is 10.8. The van der Waals surface area contributed by atoms with E-state index >= 15 is 0 Å². The van der Waals surface area contributed by atoms with Gasteiger partial charge >= 0.3 is 5.97 Å². The molecule has 0 aliphatic carbocycles. The number of aromatic nitrogens is 1. The van der Waals surface area contributed by atoms with Crippen LogP contribution in [0.3, 0.4) is 0 Å². The van der Waals surface area contributed by atoms with Crippen LogP contribution in [0, 0.1) is 0 Å². The molecule has 1 fully saturated rings. The SMILES string of the molecule is O=Cc1ccnc(N2CCC2C(=O)O)c1. The van der Waals surface area contributed by atoms with Gasteiger partial charge in [-0.1, -0.05) is 0 Å². The van der Waals surface area contributed by atoms with Crippen LogP contribution in [0.5, 0.6) is 0 Å². The summed E-state index contributed by atoms with van der Waals surface area (Å²) in [4.78, 5) is 27.0. The van der Waals surface area contributed by atoms with E-state index in [1.54, 1.807) is 17.0 Å². The minimum atomic E-state index is -0.848. The van der Waals surface area contributed by atoms with E-state index in [-0.39, 0.29) is 0 Å². The molecule has 0 saturated carbocycles. The zero-order valence-electron chi connectivity index (χ0n) is 7.96. The number of anilines is 1. The van der Waals surface area contributed by atoms with Crippen molar-refractivity contribution < 1.29 is 14.7 Å². The zero-order chi connectivity index (χ0) is 10.8. The fraction of sp³-hybridized carbons (Fsp3) is 0.300. The van der Waals surface area contributed by atoms with Gasteiger partial charge < -0.3 is 10.0 Å². The molecule has 78 valence electrons. The predicted molar refractivity (Wildman–Crippen MR) is 53.0 cm³/mol. The summed E-state index contributed by atoms with van der Waals surface area (Å²) in [6, 6.07) is 2.69. The molecule has 0 radical (unpaired) electrons. The van der Waals surface area contributed by atoms with Crippen molar-refractivity contribution in [2.75, 3.05) is 11.4 Å². The van der Waals surface area contributed by atoms with E-state index in [2.05, 4.69) is 4.98 Å². The van der Waals surface area contributed by atoms with Gasteiger partial charge in [0.25, 0.3) is 0 Å². The van der Waals surface area contributed by atoms with Crippen molar-refractivity contribution in [1.82, 2.24) is 4.98 Å². The molecule has 1 aromatic heterocycles. The molecule has 1 atom stereocenters. The first-order valence-corrected chi connectivity index (χ1v) is 4.63. The number of carbonyl (C=O) groups excluding carboxylic acids is 1. The maximum Gasteiger partial charge on any atom is 0.326 e. The Kier molecular flexibility index (Phi) is 2.37. The lowest BCUT2D eigenvalue weighted by Crippen LogP contribution is -2.52. The van der Waals surface area contributed by atoms with Crippen LogP contribution in [0.25, 0.3) is 0 Å². The summed E-state index contributed by atoms with van der Waals surface area (Å²) in [6.45, 7) is 0.673. The van der Waals surface area contributed by atoms with Gasteiger partial charge in [-0.15, -0.1) is 0 Å². The number of aldehydes is 1. The van der Waals surface area contributed by atoms with Crippen molar-refractivity contribution in [2.45, 2.75) is 12.5 Å². The first-order chi connectivity index (χ1) is 7.22. The lowest BCUT2D eigenvalue weighted by Gasteiger charge is -2.38. The highest BCUT2D eigenvalue weighted by atomic mass is 16.4. The molecule has 1 saturated heterocycles. The number of pyridine rings is 1. The van der Waals surface area contributed by atoms with Crippen molar-refractivity contribution in [3.8, 4) is 0 Å². The standard InChI is InChI=1S/C10H10N2O3/c13-6-7-1-3-11-9(5-7)12-4-2-8(12)10(14)15/h1,3,5-6,8H,2,4H2,(H,14,15). The van der Waals surface area contributed by atoms with Crippen LogP contribution < -0.4 is 4.90 Å². The number of nitrogens with zero attached hydrogens (tertiary/aromatic N) is 2. The molecule has 2 heterocycles. The van der Waals surface area contributed by atoms with Crippen LogP contribution in [0.2, 0.25) is 0 Å². The van der Waals surface area contributed by atoms with Crippen molar-refractivity contribution in [1.29, 1.82) is 0 Å². The van der Waals surface area contributed by atoms with E-state index in [1.165, 1.54) is 6.20 Å². The minimum absolute atomic E-state index is 0.501. The summed E-state index contributed by atoms with van der Waals surface area (Å²) in [5.41, 5.74) is 0.510. The van der Waals surface area contributed by atoms with Crippen molar-refractivity contribution >= 4 is 18.1 Å². The third-order valence-corrected chi connectivity index (χ3v) is 2.50. The first kappa shape index (κ1) is 9.64. The number of carboxylic acid groups (broad SMARTS) is 1. The summed E-state index contributed by atoms with van der Waals surface area (Å²) in [5.74, 6) is -0.294. The Hall–Kier alpha value is -1.91. The van der Waals surface area contributed by atoms with Crippen LogP contribution in [0.4, 0.5) is 5.82 Å². The van der Waals surface area contributed by atoms with E-state index in [0.29, 0.717) is 24.3 Å². The molecule has 1 aliphatic rings. The molecule has 2 rings (SSSR count). The number of rotatable bonds is 3. The molecule has 1 unspecified atom stereocenters. The van der Waals surface area contributed by atoms with E-state index in [1.807, 2.05) is 0 Å². The third-order valence-electron chi connectivity index (χ3n) is 2.50. The van der Waals surface area contributed by atoms with Crippen molar-refractivity contribution in [3.05, 3.63) is 23.9 Å². The second kappa shape index (κ2) is 3.68. The Bertz CT molecular complexity index is 405. The molecule has 5 nitrogen and oxygen atoms in total. The molecule has 0 spiro atoms. The maximum atomic E-state index is 10.8. The summed E-state index contributed by atoms with van der Waals surface area (Å²) in [6.07, 6.45) is 2.86. The average molecular weight is 206 g/mol. The number of aliphatic carboxylic acids is 1. The predicted octanol–water partition coefficient (Wildman–Crippen LogP) is 0.557. The van der Waals surface area contributed by atoms with Gasteiger partial charge in [-0.2, -0.15) is 0 Å². The lowest BCUT2D eigenvalue weighted by atomic mass is 10.0. The molecule has 5 heteroatoms. The number of carboxylic acids is 1. The minimum Gasteiger partial charge on any atom is -0.480 e. The van der Waals surface area contributed by atoms with Gasteiger partial charge in [0.2, 0.25) is 0 Å². The van der Waals surface area contributed by atoms with Crippen LogP contribution >= 0.6 is 0 Å². The second-order valence-corrected chi connectivity index (χ2v) is 3.40. The van der Waals surface area contributed by atoms with Crippen LogP contribution in [-0.4, -0.2) is 34.9 Å². The largest absolute Gasteiger partial charge is 0.480 e. The van der Waals surface area contributed by atoms with Gasteiger partial charge in [0.05, 0.1) is 0 Å². The van der Waals surface area contributed by atoms with Gasteiger partial charge in [-0.25, -0.2) is 9.78 Å². The smallest absolute Gasteiger partial charge is 0.326 e. The quantitative estimate of drug-likeness (QED) is 0.731. The number of carbonyl (C=O) groups is 2. The van der Waals surface area contributed by atoms with Gasteiger partial charge in [0, 0.05) is 18.3 Å².